The molecule has 4 aromatic heterocycles. The van der Waals surface area contributed by atoms with E-state index in [-0.39, 0.29) is 0 Å². The van der Waals surface area contributed by atoms with Gasteiger partial charge in [-0.1, -0.05) is 49.9 Å². The third-order valence-corrected chi connectivity index (χ3v) is 3.27. The largest absolute Gasteiger partial charge is 0.265 e. The lowest BCUT2D eigenvalue weighted by molar-refractivity contribution is 0.504. The van der Waals surface area contributed by atoms with Gasteiger partial charge in [-0.15, -0.1) is 0 Å². The fourth-order valence-electron chi connectivity index (χ4n) is 1.50. The molecule has 4 aromatic rings. The molecular weight excluding hydrogens is 344 g/mol. The molecule has 4 heteroatoms. The third-order valence-electron chi connectivity index (χ3n) is 3.27. The van der Waals surface area contributed by atoms with E-state index in [2.05, 4.69) is 19.9 Å². The van der Waals surface area contributed by atoms with E-state index in [9.17, 15) is 0 Å². The van der Waals surface area contributed by atoms with Gasteiger partial charge in [0.2, 0.25) is 0 Å². The van der Waals surface area contributed by atoms with Crippen molar-refractivity contribution in [2.45, 2.75) is 25.7 Å². The highest BCUT2D eigenvalue weighted by Crippen LogP contribution is 2.15. The zero-order chi connectivity index (χ0) is 19.8. The summed E-state index contributed by atoms with van der Waals surface area (Å²) in [6.07, 6.45) is 20.0. The SMILES string of the molecule is C1CCC1.c1ccncc1.c1ccncc1.c1ccncc1.c1ccncc1. The van der Waals surface area contributed by atoms with Crippen LogP contribution in [0.1, 0.15) is 25.7 Å². The molecule has 4 heterocycles. The number of nitrogens with zero attached hydrogens (tertiary/aromatic N) is 4. The normalized spacial score (nSPS) is 10.3. The smallest absolute Gasteiger partial charge is 0.0267 e. The number of hydrogen-bond acceptors (Lipinski definition) is 4. The summed E-state index contributed by atoms with van der Waals surface area (Å²) < 4.78 is 0. The van der Waals surface area contributed by atoms with Crippen LogP contribution >= 0.6 is 0 Å². The first kappa shape index (κ1) is 22.6. The molecule has 28 heavy (non-hydrogen) atoms. The quantitative estimate of drug-likeness (QED) is 0.386. The van der Waals surface area contributed by atoms with Crippen molar-refractivity contribution < 1.29 is 0 Å². The molecule has 0 aliphatic heterocycles. The maximum Gasteiger partial charge on any atom is 0.0267 e. The third kappa shape index (κ3) is 17.4. The summed E-state index contributed by atoms with van der Waals surface area (Å²) in [4.78, 5) is 15.1. The Morgan fingerprint density at radius 3 is 0.464 bits per heavy atom. The van der Waals surface area contributed by atoms with Crippen LogP contribution in [0.4, 0.5) is 0 Å². The molecule has 0 saturated heterocycles. The molecule has 1 aliphatic carbocycles. The van der Waals surface area contributed by atoms with E-state index >= 15 is 0 Å². The highest BCUT2D eigenvalue weighted by atomic mass is 14.6. The van der Waals surface area contributed by atoms with E-state index in [1.807, 2.05) is 72.8 Å². The second-order valence-electron chi connectivity index (χ2n) is 5.51. The second kappa shape index (κ2) is 19.9. The first-order valence-electron chi connectivity index (χ1n) is 9.40. The Kier molecular flexibility index (Phi) is 16.1. The van der Waals surface area contributed by atoms with Crippen molar-refractivity contribution in [3.05, 3.63) is 122 Å². The summed E-state index contributed by atoms with van der Waals surface area (Å²) in [5.41, 5.74) is 0. The first-order valence-corrected chi connectivity index (χ1v) is 9.40. The van der Waals surface area contributed by atoms with Gasteiger partial charge in [-0.3, -0.25) is 19.9 Å². The van der Waals surface area contributed by atoms with Crippen LogP contribution in [-0.2, 0) is 0 Å². The van der Waals surface area contributed by atoms with E-state index in [4.69, 9.17) is 0 Å². The Morgan fingerprint density at radius 2 is 0.429 bits per heavy atom. The van der Waals surface area contributed by atoms with Crippen molar-refractivity contribution in [3.63, 3.8) is 0 Å². The lowest BCUT2D eigenvalue weighted by atomic mass is 10.0. The molecule has 0 bridgehead atoms. The molecule has 144 valence electrons. The highest BCUT2D eigenvalue weighted by Gasteiger charge is 1.95. The Labute approximate surface area is 168 Å². The van der Waals surface area contributed by atoms with Crippen molar-refractivity contribution >= 4 is 0 Å². The van der Waals surface area contributed by atoms with Gasteiger partial charge >= 0.3 is 0 Å². The van der Waals surface area contributed by atoms with Gasteiger partial charge in [0.25, 0.3) is 0 Å². The summed E-state index contributed by atoms with van der Waals surface area (Å²) in [7, 11) is 0. The molecule has 1 fully saturated rings. The minimum Gasteiger partial charge on any atom is -0.265 e. The van der Waals surface area contributed by atoms with Crippen LogP contribution in [0, 0.1) is 0 Å². The molecule has 1 aliphatic rings. The second-order valence-corrected chi connectivity index (χ2v) is 5.51. The molecule has 0 N–H and O–H groups in total. The Hall–Kier alpha value is -3.40. The van der Waals surface area contributed by atoms with Crippen molar-refractivity contribution in [2.75, 3.05) is 0 Å². The van der Waals surface area contributed by atoms with Gasteiger partial charge in [0.15, 0.2) is 0 Å². The monoisotopic (exact) mass is 372 g/mol. The van der Waals surface area contributed by atoms with Gasteiger partial charge in [-0.05, 0) is 48.5 Å². The predicted molar refractivity (Wildman–Crippen MR) is 115 cm³/mol. The highest BCUT2D eigenvalue weighted by molar-refractivity contribution is 4.89. The van der Waals surface area contributed by atoms with Crippen molar-refractivity contribution in [1.82, 2.24) is 19.9 Å². The zero-order valence-corrected chi connectivity index (χ0v) is 16.2. The molecule has 0 unspecified atom stereocenters. The maximum atomic E-state index is 3.78. The van der Waals surface area contributed by atoms with Crippen molar-refractivity contribution in [2.24, 2.45) is 0 Å². The summed E-state index contributed by atoms with van der Waals surface area (Å²) in [5, 5.41) is 0. The van der Waals surface area contributed by atoms with Crippen LogP contribution in [0.15, 0.2) is 122 Å². The van der Waals surface area contributed by atoms with Crippen LogP contribution in [0.3, 0.4) is 0 Å². The summed E-state index contributed by atoms with van der Waals surface area (Å²) in [5.74, 6) is 0. The molecule has 0 radical (unpaired) electrons. The van der Waals surface area contributed by atoms with Crippen molar-refractivity contribution in [1.29, 1.82) is 0 Å². The van der Waals surface area contributed by atoms with Crippen LogP contribution in [0.25, 0.3) is 0 Å². The van der Waals surface area contributed by atoms with E-state index in [1.54, 1.807) is 49.6 Å². The lowest BCUT2D eigenvalue weighted by Crippen LogP contribution is -1.85. The molecule has 4 nitrogen and oxygen atoms in total. The van der Waals surface area contributed by atoms with Crippen LogP contribution in [-0.4, -0.2) is 19.9 Å². The van der Waals surface area contributed by atoms with Gasteiger partial charge in [0.1, 0.15) is 0 Å². The minimum absolute atomic E-state index is 1.50. The minimum atomic E-state index is 1.50. The van der Waals surface area contributed by atoms with E-state index in [0.717, 1.165) is 0 Å². The topological polar surface area (TPSA) is 51.6 Å². The van der Waals surface area contributed by atoms with Crippen LogP contribution in [0.2, 0.25) is 0 Å². The number of aromatic nitrogens is 4. The first-order chi connectivity index (χ1) is 14.0. The van der Waals surface area contributed by atoms with Crippen molar-refractivity contribution in [3.8, 4) is 0 Å². The standard InChI is InChI=1S/4C5H5N.C4H8/c4*1-2-4-6-5-3-1;1-2-4-3-1/h4*1-5H;1-4H2. The number of pyridine rings is 4. The Balaban J connectivity index is 0.000000176. The van der Waals surface area contributed by atoms with Gasteiger partial charge in [0, 0.05) is 49.6 Å². The molecule has 0 amide bonds. The molecule has 0 spiro atoms. The summed E-state index contributed by atoms with van der Waals surface area (Å²) in [6.45, 7) is 0. The van der Waals surface area contributed by atoms with E-state index in [1.165, 1.54) is 25.7 Å². The molecule has 0 aromatic carbocycles. The number of rotatable bonds is 0. The maximum absolute atomic E-state index is 3.78. The average molecular weight is 373 g/mol. The fourth-order valence-corrected chi connectivity index (χ4v) is 1.50. The van der Waals surface area contributed by atoms with Crippen LogP contribution in [0.5, 0.6) is 0 Å². The molecular formula is C24H28N4. The van der Waals surface area contributed by atoms with Gasteiger partial charge in [-0.2, -0.15) is 0 Å². The molecule has 1 saturated carbocycles. The zero-order valence-electron chi connectivity index (χ0n) is 16.2. The Bertz CT molecular complexity index is 482. The Morgan fingerprint density at radius 1 is 0.250 bits per heavy atom. The fraction of sp³-hybridized carbons (Fsp3) is 0.167. The van der Waals surface area contributed by atoms with E-state index in [0.29, 0.717) is 0 Å². The number of hydrogen-bond donors (Lipinski definition) is 0. The summed E-state index contributed by atoms with van der Waals surface area (Å²) in [6, 6.07) is 22.9. The molecule has 5 rings (SSSR count). The molecule has 0 atom stereocenters. The van der Waals surface area contributed by atoms with Gasteiger partial charge < -0.3 is 0 Å². The average Bonchev–Trinajstić information content (AvgIpc) is 2.79. The van der Waals surface area contributed by atoms with Gasteiger partial charge in [-0.25, -0.2) is 0 Å². The summed E-state index contributed by atoms with van der Waals surface area (Å²) >= 11 is 0. The van der Waals surface area contributed by atoms with Gasteiger partial charge in [0.05, 0.1) is 0 Å². The lowest BCUT2D eigenvalue weighted by Gasteiger charge is -2.05. The van der Waals surface area contributed by atoms with E-state index < -0.39 is 0 Å². The predicted octanol–water partition coefficient (Wildman–Crippen LogP) is 5.89. The van der Waals surface area contributed by atoms with Crippen LogP contribution < -0.4 is 0 Å².